The topological polar surface area (TPSA) is 39.1 Å². The first-order chi connectivity index (χ1) is 8.84. The third-order valence-corrected chi connectivity index (χ3v) is 2.66. The van der Waals surface area contributed by atoms with Crippen LogP contribution in [-0.4, -0.2) is 29.5 Å². The van der Waals surface area contributed by atoms with Crippen molar-refractivity contribution >= 4 is 11.6 Å². The van der Waals surface area contributed by atoms with E-state index in [1.54, 1.807) is 6.20 Å². The van der Waals surface area contributed by atoms with E-state index in [9.17, 15) is 0 Å². The molecule has 0 amide bonds. The third-order valence-electron chi connectivity index (χ3n) is 2.42. The molecule has 2 aromatic rings. The molecule has 1 N–H and O–H groups in total. The molecule has 0 saturated heterocycles. The Morgan fingerprint density at radius 1 is 1.28 bits per heavy atom. The minimum Gasteiger partial charge on any atom is -0.492 e. The van der Waals surface area contributed by atoms with Gasteiger partial charge in [0.25, 0.3) is 0 Å². The molecule has 18 heavy (non-hydrogen) atoms. The fraction of sp³-hybridized carbons (Fsp3) is 0.308. The number of nitrogens with zero attached hydrogens (tertiary/aromatic N) is 2. The van der Waals surface area contributed by atoms with E-state index in [-0.39, 0.29) is 0 Å². The summed E-state index contributed by atoms with van der Waals surface area (Å²) >= 11 is 5.86. The SMILES string of the molecule is Clc1cccc(OCCNCCn2cccn2)c1. The van der Waals surface area contributed by atoms with Crippen LogP contribution in [0.1, 0.15) is 0 Å². The lowest BCUT2D eigenvalue weighted by atomic mass is 10.3. The molecule has 0 spiro atoms. The van der Waals surface area contributed by atoms with Crippen molar-refractivity contribution in [3.05, 3.63) is 47.7 Å². The number of hydrogen-bond acceptors (Lipinski definition) is 3. The van der Waals surface area contributed by atoms with Gasteiger partial charge in [-0.1, -0.05) is 17.7 Å². The van der Waals surface area contributed by atoms with Crippen molar-refractivity contribution in [2.45, 2.75) is 6.54 Å². The number of benzene rings is 1. The summed E-state index contributed by atoms with van der Waals surface area (Å²) in [5.41, 5.74) is 0. The summed E-state index contributed by atoms with van der Waals surface area (Å²) in [6.07, 6.45) is 3.73. The van der Waals surface area contributed by atoms with Gasteiger partial charge in [-0.2, -0.15) is 5.10 Å². The number of ether oxygens (including phenoxy) is 1. The Kier molecular flexibility index (Phi) is 5.05. The first-order valence-electron chi connectivity index (χ1n) is 5.91. The molecule has 0 radical (unpaired) electrons. The van der Waals surface area contributed by atoms with Gasteiger partial charge in [0, 0.05) is 30.5 Å². The Morgan fingerprint density at radius 2 is 2.22 bits per heavy atom. The molecule has 0 aliphatic heterocycles. The molecule has 0 bridgehead atoms. The zero-order chi connectivity index (χ0) is 12.6. The predicted molar refractivity (Wildman–Crippen MR) is 72.0 cm³/mol. The van der Waals surface area contributed by atoms with Crippen molar-refractivity contribution in [1.82, 2.24) is 15.1 Å². The average molecular weight is 266 g/mol. The van der Waals surface area contributed by atoms with Crippen LogP contribution in [0, 0.1) is 0 Å². The standard InChI is InChI=1S/C13H16ClN3O/c14-12-3-1-4-13(11-12)18-10-7-15-6-9-17-8-2-5-16-17/h1-5,8,11,15H,6-7,9-10H2. The van der Waals surface area contributed by atoms with E-state index in [4.69, 9.17) is 16.3 Å². The second-order valence-corrected chi connectivity index (χ2v) is 4.26. The summed E-state index contributed by atoms with van der Waals surface area (Å²) < 4.78 is 7.45. The molecule has 0 aliphatic rings. The van der Waals surface area contributed by atoms with Crippen LogP contribution >= 0.6 is 11.6 Å². The van der Waals surface area contributed by atoms with Crippen molar-refractivity contribution in [2.24, 2.45) is 0 Å². The lowest BCUT2D eigenvalue weighted by Crippen LogP contribution is -2.25. The quantitative estimate of drug-likeness (QED) is 0.780. The van der Waals surface area contributed by atoms with E-state index >= 15 is 0 Å². The fourth-order valence-electron chi connectivity index (χ4n) is 1.55. The first kappa shape index (κ1) is 12.9. The molecule has 0 atom stereocenters. The van der Waals surface area contributed by atoms with E-state index in [1.807, 2.05) is 41.2 Å². The summed E-state index contributed by atoms with van der Waals surface area (Å²) in [5, 5.41) is 8.11. The molecule has 96 valence electrons. The molecular weight excluding hydrogens is 250 g/mol. The van der Waals surface area contributed by atoms with Crippen molar-refractivity contribution in [1.29, 1.82) is 0 Å². The molecule has 1 aromatic heterocycles. The van der Waals surface area contributed by atoms with Crippen molar-refractivity contribution in [2.75, 3.05) is 19.7 Å². The molecule has 0 unspecified atom stereocenters. The van der Waals surface area contributed by atoms with Crippen LogP contribution in [0.2, 0.25) is 5.02 Å². The maximum absolute atomic E-state index is 5.86. The molecule has 0 saturated carbocycles. The predicted octanol–water partition coefficient (Wildman–Crippen LogP) is 2.21. The summed E-state index contributed by atoms with van der Waals surface area (Å²) in [5.74, 6) is 0.802. The highest BCUT2D eigenvalue weighted by Gasteiger charge is 1.95. The second kappa shape index (κ2) is 7.03. The summed E-state index contributed by atoms with van der Waals surface area (Å²) in [7, 11) is 0. The highest BCUT2D eigenvalue weighted by molar-refractivity contribution is 6.30. The summed E-state index contributed by atoms with van der Waals surface area (Å²) in [4.78, 5) is 0. The highest BCUT2D eigenvalue weighted by atomic mass is 35.5. The molecule has 0 fully saturated rings. The number of aromatic nitrogens is 2. The minimum atomic E-state index is 0.624. The van der Waals surface area contributed by atoms with E-state index in [1.165, 1.54) is 0 Å². The number of halogens is 1. The van der Waals surface area contributed by atoms with Gasteiger partial charge in [0.15, 0.2) is 0 Å². The van der Waals surface area contributed by atoms with Gasteiger partial charge in [-0.3, -0.25) is 4.68 Å². The largest absolute Gasteiger partial charge is 0.492 e. The van der Waals surface area contributed by atoms with Crippen LogP contribution in [0.25, 0.3) is 0 Å². The Bertz CT molecular complexity index is 459. The first-order valence-corrected chi connectivity index (χ1v) is 6.29. The number of hydrogen-bond donors (Lipinski definition) is 1. The van der Waals surface area contributed by atoms with E-state index in [0.717, 1.165) is 25.4 Å². The fourth-order valence-corrected chi connectivity index (χ4v) is 1.73. The van der Waals surface area contributed by atoms with E-state index < -0.39 is 0 Å². The minimum absolute atomic E-state index is 0.624. The average Bonchev–Trinajstić information content (AvgIpc) is 2.87. The lowest BCUT2D eigenvalue weighted by molar-refractivity contribution is 0.312. The maximum atomic E-state index is 5.86. The Balaban J connectivity index is 1.56. The molecule has 4 nitrogen and oxygen atoms in total. The monoisotopic (exact) mass is 265 g/mol. The zero-order valence-corrected chi connectivity index (χ0v) is 10.8. The highest BCUT2D eigenvalue weighted by Crippen LogP contribution is 2.16. The van der Waals surface area contributed by atoms with Gasteiger partial charge >= 0.3 is 0 Å². The molecule has 1 aromatic carbocycles. The smallest absolute Gasteiger partial charge is 0.120 e. The van der Waals surface area contributed by atoms with Gasteiger partial charge in [-0.15, -0.1) is 0 Å². The maximum Gasteiger partial charge on any atom is 0.120 e. The molecule has 0 aliphatic carbocycles. The molecule has 1 heterocycles. The molecule has 5 heteroatoms. The van der Waals surface area contributed by atoms with Gasteiger partial charge in [-0.25, -0.2) is 0 Å². The Hall–Kier alpha value is -1.52. The van der Waals surface area contributed by atoms with Crippen LogP contribution in [0.5, 0.6) is 5.75 Å². The lowest BCUT2D eigenvalue weighted by Gasteiger charge is -2.07. The van der Waals surface area contributed by atoms with Crippen LogP contribution in [-0.2, 0) is 6.54 Å². The number of rotatable bonds is 7. The van der Waals surface area contributed by atoms with Crippen LogP contribution in [0.4, 0.5) is 0 Å². The van der Waals surface area contributed by atoms with Gasteiger partial charge in [0.1, 0.15) is 12.4 Å². The van der Waals surface area contributed by atoms with Gasteiger partial charge in [0.05, 0.1) is 6.54 Å². The molecular formula is C13H16ClN3O. The van der Waals surface area contributed by atoms with Crippen molar-refractivity contribution < 1.29 is 4.74 Å². The second-order valence-electron chi connectivity index (χ2n) is 3.82. The van der Waals surface area contributed by atoms with Crippen molar-refractivity contribution in [3.8, 4) is 5.75 Å². The van der Waals surface area contributed by atoms with Gasteiger partial charge < -0.3 is 10.1 Å². The normalized spacial score (nSPS) is 10.5. The Labute approximate surface area is 112 Å². The van der Waals surface area contributed by atoms with Crippen LogP contribution < -0.4 is 10.1 Å². The van der Waals surface area contributed by atoms with Gasteiger partial charge in [0.2, 0.25) is 0 Å². The van der Waals surface area contributed by atoms with E-state index in [2.05, 4.69) is 10.4 Å². The summed E-state index contributed by atoms with van der Waals surface area (Å²) in [6.45, 7) is 3.16. The third kappa shape index (κ3) is 4.39. The van der Waals surface area contributed by atoms with Crippen molar-refractivity contribution in [3.63, 3.8) is 0 Å². The molecule has 2 rings (SSSR count). The zero-order valence-electron chi connectivity index (χ0n) is 10.1. The Morgan fingerprint density at radius 3 is 3.00 bits per heavy atom. The van der Waals surface area contributed by atoms with Crippen LogP contribution in [0.3, 0.4) is 0 Å². The van der Waals surface area contributed by atoms with Gasteiger partial charge in [-0.05, 0) is 24.3 Å². The number of nitrogens with one attached hydrogen (secondary N) is 1. The van der Waals surface area contributed by atoms with E-state index in [0.29, 0.717) is 11.6 Å². The summed E-state index contributed by atoms with van der Waals surface area (Å²) in [6, 6.07) is 9.34. The van der Waals surface area contributed by atoms with Crippen LogP contribution in [0.15, 0.2) is 42.7 Å².